The van der Waals surface area contributed by atoms with Gasteiger partial charge in [0.15, 0.2) is 0 Å². The number of anilines is 2. The van der Waals surface area contributed by atoms with Crippen molar-refractivity contribution < 1.29 is 0 Å². The summed E-state index contributed by atoms with van der Waals surface area (Å²) in [5, 5.41) is 3.29. The topological polar surface area (TPSA) is 63.8 Å². The summed E-state index contributed by atoms with van der Waals surface area (Å²) in [6.07, 6.45) is 5.15. The molecule has 3 N–H and O–H groups in total. The second-order valence-electron chi connectivity index (χ2n) is 3.63. The van der Waals surface area contributed by atoms with Crippen molar-refractivity contribution in [1.29, 1.82) is 0 Å². The molecule has 1 unspecified atom stereocenters. The van der Waals surface area contributed by atoms with Crippen LogP contribution in [0.3, 0.4) is 0 Å². The lowest BCUT2D eigenvalue weighted by atomic mass is 10.2. The zero-order chi connectivity index (χ0) is 11.4. The second kappa shape index (κ2) is 4.61. The number of nitrogen functional groups attached to an aromatic ring is 1. The Balaban J connectivity index is 2.11. The van der Waals surface area contributed by atoms with Gasteiger partial charge in [-0.05, 0) is 25.1 Å². The van der Waals surface area contributed by atoms with E-state index in [0.717, 1.165) is 11.4 Å². The Kier molecular flexibility index (Phi) is 3.00. The summed E-state index contributed by atoms with van der Waals surface area (Å²) in [6, 6.07) is 7.84. The molecule has 0 saturated carbocycles. The van der Waals surface area contributed by atoms with Gasteiger partial charge in [-0.1, -0.05) is 6.07 Å². The van der Waals surface area contributed by atoms with E-state index >= 15 is 0 Å². The number of nitrogens with zero attached hydrogens (tertiary/aromatic N) is 2. The Morgan fingerprint density at radius 3 is 2.88 bits per heavy atom. The third kappa shape index (κ3) is 2.48. The molecule has 2 aromatic rings. The number of nitrogens with one attached hydrogen (secondary N) is 1. The first kappa shape index (κ1) is 10.4. The molecule has 0 amide bonds. The number of nitrogens with two attached hydrogens (primary N) is 1. The Morgan fingerprint density at radius 2 is 2.19 bits per heavy atom. The van der Waals surface area contributed by atoms with Crippen molar-refractivity contribution >= 4 is 11.4 Å². The molecule has 82 valence electrons. The van der Waals surface area contributed by atoms with Crippen molar-refractivity contribution in [2.45, 2.75) is 13.0 Å². The maximum absolute atomic E-state index is 5.65. The van der Waals surface area contributed by atoms with E-state index in [-0.39, 0.29) is 6.04 Å². The quantitative estimate of drug-likeness (QED) is 0.822. The molecular formula is C12H14N4. The lowest BCUT2D eigenvalue weighted by molar-refractivity contribution is 0.838. The van der Waals surface area contributed by atoms with Gasteiger partial charge in [-0.15, -0.1) is 0 Å². The van der Waals surface area contributed by atoms with Crippen LogP contribution in [0.1, 0.15) is 18.7 Å². The van der Waals surface area contributed by atoms with Crippen LogP contribution in [-0.4, -0.2) is 9.97 Å². The number of pyridine rings is 2. The van der Waals surface area contributed by atoms with Crippen molar-refractivity contribution in [3.05, 3.63) is 48.5 Å². The predicted octanol–water partition coefficient (Wildman–Crippen LogP) is 2.23. The van der Waals surface area contributed by atoms with Crippen molar-refractivity contribution in [2.24, 2.45) is 0 Å². The molecular weight excluding hydrogens is 200 g/mol. The van der Waals surface area contributed by atoms with Gasteiger partial charge in [-0.3, -0.25) is 9.97 Å². The number of hydrogen-bond acceptors (Lipinski definition) is 4. The Hall–Kier alpha value is -2.10. The molecule has 0 aliphatic carbocycles. The van der Waals surface area contributed by atoms with Crippen molar-refractivity contribution in [1.82, 2.24) is 9.97 Å². The van der Waals surface area contributed by atoms with Crippen molar-refractivity contribution in [3.8, 4) is 0 Å². The highest BCUT2D eigenvalue weighted by molar-refractivity contribution is 5.52. The molecule has 0 aliphatic rings. The number of aromatic nitrogens is 2. The third-order valence-electron chi connectivity index (χ3n) is 2.27. The van der Waals surface area contributed by atoms with E-state index < -0.39 is 0 Å². The Morgan fingerprint density at radius 1 is 1.31 bits per heavy atom. The summed E-state index contributed by atoms with van der Waals surface area (Å²) >= 11 is 0. The molecule has 0 radical (unpaired) electrons. The first-order valence-corrected chi connectivity index (χ1v) is 5.13. The molecule has 2 heterocycles. The first-order valence-electron chi connectivity index (χ1n) is 5.13. The molecule has 0 fully saturated rings. The number of rotatable bonds is 3. The van der Waals surface area contributed by atoms with Crippen LogP contribution >= 0.6 is 0 Å². The molecule has 4 nitrogen and oxygen atoms in total. The lowest BCUT2D eigenvalue weighted by Gasteiger charge is -2.14. The van der Waals surface area contributed by atoms with Crippen LogP contribution in [0, 0.1) is 0 Å². The summed E-state index contributed by atoms with van der Waals surface area (Å²) in [4.78, 5) is 8.31. The standard InChI is InChI=1S/C12H14N4/c1-9(12-4-2-3-5-15-12)16-11-6-10(13)7-14-8-11/h2-9,16H,13H2,1H3. The van der Waals surface area contributed by atoms with Crippen LogP contribution in [0.15, 0.2) is 42.9 Å². The summed E-state index contributed by atoms with van der Waals surface area (Å²) in [7, 11) is 0. The summed E-state index contributed by atoms with van der Waals surface area (Å²) in [5.74, 6) is 0. The molecule has 0 spiro atoms. The lowest BCUT2D eigenvalue weighted by Crippen LogP contribution is -2.08. The van der Waals surface area contributed by atoms with E-state index in [1.165, 1.54) is 0 Å². The van der Waals surface area contributed by atoms with Gasteiger partial charge < -0.3 is 11.1 Å². The Bertz CT molecular complexity index is 456. The maximum atomic E-state index is 5.65. The molecule has 2 aromatic heterocycles. The monoisotopic (exact) mass is 214 g/mol. The van der Waals surface area contributed by atoms with Crippen LogP contribution in [-0.2, 0) is 0 Å². The average Bonchev–Trinajstić information content (AvgIpc) is 2.30. The predicted molar refractivity (Wildman–Crippen MR) is 64.9 cm³/mol. The van der Waals surface area contributed by atoms with E-state index in [2.05, 4.69) is 15.3 Å². The average molecular weight is 214 g/mol. The fraction of sp³-hybridized carbons (Fsp3) is 0.167. The molecule has 0 aromatic carbocycles. The van der Waals surface area contributed by atoms with Crippen LogP contribution in [0.25, 0.3) is 0 Å². The SMILES string of the molecule is CC(Nc1cncc(N)c1)c1ccccn1. The highest BCUT2D eigenvalue weighted by Gasteiger charge is 2.05. The van der Waals surface area contributed by atoms with Gasteiger partial charge >= 0.3 is 0 Å². The largest absolute Gasteiger partial charge is 0.397 e. The minimum Gasteiger partial charge on any atom is -0.397 e. The van der Waals surface area contributed by atoms with E-state index in [1.54, 1.807) is 18.6 Å². The zero-order valence-corrected chi connectivity index (χ0v) is 9.09. The molecule has 0 aliphatic heterocycles. The van der Waals surface area contributed by atoms with E-state index in [4.69, 9.17) is 5.73 Å². The zero-order valence-electron chi connectivity index (χ0n) is 9.09. The normalized spacial score (nSPS) is 12.1. The molecule has 16 heavy (non-hydrogen) atoms. The fourth-order valence-electron chi connectivity index (χ4n) is 1.49. The third-order valence-corrected chi connectivity index (χ3v) is 2.27. The van der Waals surface area contributed by atoms with Gasteiger partial charge in [0.25, 0.3) is 0 Å². The van der Waals surface area contributed by atoms with Gasteiger partial charge in [0.2, 0.25) is 0 Å². The van der Waals surface area contributed by atoms with Gasteiger partial charge in [-0.25, -0.2) is 0 Å². The first-order chi connectivity index (χ1) is 7.75. The van der Waals surface area contributed by atoms with Crippen LogP contribution in [0.4, 0.5) is 11.4 Å². The van der Waals surface area contributed by atoms with Gasteiger partial charge in [0.05, 0.1) is 29.3 Å². The highest BCUT2D eigenvalue weighted by Crippen LogP contribution is 2.17. The van der Waals surface area contributed by atoms with Crippen LogP contribution < -0.4 is 11.1 Å². The minimum atomic E-state index is 0.129. The van der Waals surface area contributed by atoms with Crippen LogP contribution in [0.5, 0.6) is 0 Å². The van der Waals surface area contributed by atoms with Gasteiger partial charge in [-0.2, -0.15) is 0 Å². The summed E-state index contributed by atoms with van der Waals surface area (Å²) in [6.45, 7) is 2.05. The van der Waals surface area contributed by atoms with Gasteiger partial charge in [0, 0.05) is 12.4 Å². The van der Waals surface area contributed by atoms with E-state index in [0.29, 0.717) is 5.69 Å². The number of hydrogen-bond donors (Lipinski definition) is 2. The summed E-state index contributed by atoms with van der Waals surface area (Å²) < 4.78 is 0. The van der Waals surface area contributed by atoms with E-state index in [1.807, 2.05) is 31.2 Å². The molecule has 2 rings (SSSR count). The van der Waals surface area contributed by atoms with Crippen molar-refractivity contribution in [2.75, 3.05) is 11.1 Å². The molecule has 1 atom stereocenters. The van der Waals surface area contributed by atoms with Crippen LogP contribution in [0.2, 0.25) is 0 Å². The van der Waals surface area contributed by atoms with Gasteiger partial charge in [0.1, 0.15) is 0 Å². The smallest absolute Gasteiger partial charge is 0.0657 e. The molecule has 4 heteroatoms. The summed E-state index contributed by atoms with van der Waals surface area (Å²) in [5.41, 5.74) is 8.20. The van der Waals surface area contributed by atoms with Crippen molar-refractivity contribution in [3.63, 3.8) is 0 Å². The fourth-order valence-corrected chi connectivity index (χ4v) is 1.49. The molecule has 0 saturated heterocycles. The minimum absolute atomic E-state index is 0.129. The highest BCUT2D eigenvalue weighted by atomic mass is 14.9. The maximum Gasteiger partial charge on any atom is 0.0657 e. The molecule has 0 bridgehead atoms. The van der Waals surface area contributed by atoms with E-state index in [9.17, 15) is 0 Å². The second-order valence-corrected chi connectivity index (χ2v) is 3.63. The Labute approximate surface area is 94.5 Å².